The van der Waals surface area contributed by atoms with Crippen LogP contribution in [0.1, 0.15) is 5.56 Å². The van der Waals surface area contributed by atoms with E-state index in [1.165, 1.54) is 23.9 Å². The van der Waals surface area contributed by atoms with Gasteiger partial charge in [-0.15, -0.1) is 10.2 Å². The minimum Gasteiger partial charge on any atom is -0.207 e. The van der Waals surface area contributed by atoms with Crippen LogP contribution in [0.2, 0.25) is 10.0 Å². The van der Waals surface area contributed by atoms with Crippen LogP contribution in [0.15, 0.2) is 59.6 Å². The van der Waals surface area contributed by atoms with Crippen LogP contribution in [0, 0.1) is 5.82 Å². The largest absolute Gasteiger partial charge is 0.207 e. The van der Waals surface area contributed by atoms with Gasteiger partial charge in [0.05, 0.1) is 0 Å². The lowest BCUT2D eigenvalue weighted by atomic mass is 10.2. The zero-order valence-corrected chi connectivity index (χ0v) is 15.6. The second kappa shape index (κ2) is 7.23. The van der Waals surface area contributed by atoms with Gasteiger partial charge in [-0.2, -0.15) is 9.61 Å². The van der Waals surface area contributed by atoms with E-state index in [0.29, 0.717) is 32.8 Å². The molecule has 0 saturated carbocycles. The van der Waals surface area contributed by atoms with Gasteiger partial charge in [-0.25, -0.2) is 4.39 Å². The number of aromatic nitrogens is 4. The molecule has 130 valence electrons. The number of halogens is 3. The van der Waals surface area contributed by atoms with Gasteiger partial charge in [-0.05, 0) is 42.0 Å². The third kappa shape index (κ3) is 3.53. The van der Waals surface area contributed by atoms with Gasteiger partial charge in [-0.3, -0.25) is 0 Å². The number of hydrogen-bond acceptors (Lipinski definition) is 4. The van der Waals surface area contributed by atoms with Crippen molar-refractivity contribution in [3.8, 4) is 11.4 Å². The fourth-order valence-electron chi connectivity index (χ4n) is 2.45. The number of benzene rings is 2. The summed E-state index contributed by atoms with van der Waals surface area (Å²) < 4.78 is 15.1. The molecule has 0 N–H and O–H groups in total. The lowest BCUT2D eigenvalue weighted by Gasteiger charge is -2.05. The summed E-state index contributed by atoms with van der Waals surface area (Å²) in [5.41, 5.74) is 2.18. The molecular weight excluding hydrogens is 394 g/mol. The molecule has 4 nitrogen and oxygen atoms in total. The Kier molecular flexibility index (Phi) is 4.80. The third-order valence-electron chi connectivity index (χ3n) is 3.71. The van der Waals surface area contributed by atoms with Crippen LogP contribution in [0.5, 0.6) is 0 Å². The molecule has 0 saturated heterocycles. The van der Waals surface area contributed by atoms with E-state index in [1.54, 1.807) is 22.7 Å². The van der Waals surface area contributed by atoms with Crippen molar-refractivity contribution in [1.29, 1.82) is 0 Å². The van der Waals surface area contributed by atoms with E-state index >= 15 is 0 Å². The average Bonchev–Trinajstić information content (AvgIpc) is 3.04. The van der Waals surface area contributed by atoms with Crippen molar-refractivity contribution in [3.05, 3.63) is 76.0 Å². The smallest absolute Gasteiger partial charge is 0.185 e. The van der Waals surface area contributed by atoms with E-state index < -0.39 is 0 Å². The van der Waals surface area contributed by atoms with Gasteiger partial charge in [0.15, 0.2) is 11.5 Å². The Balaban J connectivity index is 1.63. The molecule has 0 amide bonds. The second-order valence-corrected chi connectivity index (χ2v) is 7.34. The molecule has 0 fully saturated rings. The standard InChI is InChI=1S/C18H11Cl2FN4S/c19-13-5-4-12(15(20)9-13)10-26-17-7-6-16-22-23-18(25(16)24-17)11-2-1-3-14(21)8-11/h1-9H,10H2. The Morgan fingerprint density at radius 1 is 1.00 bits per heavy atom. The van der Waals surface area contributed by atoms with Crippen molar-refractivity contribution < 1.29 is 4.39 Å². The van der Waals surface area contributed by atoms with Crippen molar-refractivity contribution in [2.24, 2.45) is 0 Å². The van der Waals surface area contributed by atoms with Crippen LogP contribution in [0.4, 0.5) is 4.39 Å². The molecule has 0 bridgehead atoms. The van der Waals surface area contributed by atoms with Gasteiger partial charge < -0.3 is 0 Å². The summed E-state index contributed by atoms with van der Waals surface area (Å²) in [6, 6.07) is 15.3. The molecular formula is C18H11Cl2FN4S. The summed E-state index contributed by atoms with van der Waals surface area (Å²) in [7, 11) is 0. The summed E-state index contributed by atoms with van der Waals surface area (Å²) in [5.74, 6) is 0.806. The van der Waals surface area contributed by atoms with Crippen LogP contribution in [0.25, 0.3) is 17.0 Å². The van der Waals surface area contributed by atoms with Crippen molar-refractivity contribution in [2.75, 3.05) is 0 Å². The van der Waals surface area contributed by atoms with Crippen LogP contribution in [-0.2, 0) is 5.75 Å². The van der Waals surface area contributed by atoms with E-state index in [9.17, 15) is 4.39 Å². The van der Waals surface area contributed by atoms with Gasteiger partial charge in [-0.1, -0.05) is 53.2 Å². The highest BCUT2D eigenvalue weighted by Crippen LogP contribution is 2.28. The molecule has 0 radical (unpaired) electrons. The van der Waals surface area contributed by atoms with E-state index in [4.69, 9.17) is 23.2 Å². The van der Waals surface area contributed by atoms with Crippen LogP contribution in [-0.4, -0.2) is 19.8 Å². The molecule has 0 unspecified atom stereocenters. The molecule has 8 heteroatoms. The number of nitrogens with zero attached hydrogens (tertiary/aromatic N) is 4. The van der Waals surface area contributed by atoms with Crippen LogP contribution in [0.3, 0.4) is 0 Å². The summed E-state index contributed by atoms with van der Waals surface area (Å²) in [6.45, 7) is 0. The topological polar surface area (TPSA) is 43.1 Å². The summed E-state index contributed by atoms with van der Waals surface area (Å²) in [4.78, 5) is 0. The first kappa shape index (κ1) is 17.3. The van der Waals surface area contributed by atoms with Gasteiger partial charge >= 0.3 is 0 Å². The molecule has 0 spiro atoms. The summed E-state index contributed by atoms with van der Waals surface area (Å²) in [5, 5.41) is 14.8. The zero-order valence-electron chi connectivity index (χ0n) is 13.2. The number of hydrogen-bond donors (Lipinski definition) is 0. The third-order valence-corrected chi connectivity index (χ3v) is 5.27. The molecule has 4 rings (SSSR count). The van der Waals surface area contributed by atoms with E-state index in [-0.39, 0.29) is 5.82 Å². The maximum absolute atomic E-state index is 13.5. The highest BCUT2D eigenvalue weighted by Gasteiger charge is 2.11. The molecule has 0 aliphatic heterocycles. The SMILES string of the molecule is Fc1cccc(-c2nnc3ccc(SCc4ccc(Cl)cc4Cl)nn23)c1. The Bertz CT molecular complexity index is 1100. The Morgan fingerprint density at radius 2 is 1.88 bits per heavy atom. The van der Waals surface area contributed by atoms with Crippen molar-refractivity contribution >= 4 is 40.6 Å². The van der Waals surface area contributed by atoms with Gasteiger partial charge in [0.2, 0.25) is 0 Å². The molecule has 26 heavy (non-hydrogen) atoms. The normalized spacial score (nSPS) is 11.2. The quantitative estimate of drug-likeness (QED) is 0.419. The van der Waals surface area contributed by atoms with Crippen molar-refractivity contribution in [1.82, 2.24) is 19.8 Å². The van der Waals surface area contributed by atoms with Gasteiger partial charge in [0, 0.05) is 21.4 Å². The Morgan fingerprint density at radius 3 is 2.69 bits per heavy atom. The van der Waals surface area contributed by atoms with E-state index in [1.807, 2.05) is 24.3 Å². The van der Waals surface area contributed by atoms with Crippen LogP contribution < -0.4 is 0 Å². The number of fused-ring (bicyclic) bond motifs is 1. The fourth-order valence-corrected chi connectivity index (χ4v) is 3.86. The predicted octanol–water partition coefficient (Wildman–Crippen LogP) is 5.53. The number of thioether (sulfide) groups is 1. The molecule has 0 atom stereocenters. The summed E-state index contributed by atoms with van der Waals surface area (Å²) in [6.07, 6.45) is 0. The van der Waals surface area contributed by atoms with E-state index in [0.717, 1.165) is 10.6 Å². The monoisotopic (exact) mass is 404 g/mol. The molecule has 0 aliphatic carbocycles. The first-order valence-electron chi connectivity index (χ1n) is 7.65. The first-order chi connectivity index (χ1) is 12.6. The average molecular weight is 405 g/mol. The van der Waals surface area contributed by atoms with Gasteiger partial charge in [0.1, 0.15) is 10.8 Å². The molecule has 2 aromatic carbocycles. The first-order valence-corrected chi connectivity index (χ1v) is 9.39. The summed E-state index contributed by atoms with van der Waals surface area (Å²) >= 11 is 13.7. The van der Waals surface area contributed by atoms with E-state index in [2.05, 4.69) is 15.3 Å². The Hall–Kier alpha value is -2.15. The highest BCUT2D eigenvalue weighted by molar-refractivity contribution is 7.98. The van der Waals surface area contributed by atoms with Crippen LogP contribution >= 0.6 is 35.0 Å². The fraction of sp³-hybridized carbons (Fsp3) is 0.0556. The lowest BCUT2D eigenvalue weighted by Crippen LogP contribution is -1.97. The predicted molar refractivity (Wildman–Crippen MR) is 102 cm³/mol. The zero-order chi connectivity index (χ0) is 18.1. The Labute approximate surface area is 163 Å². The lowest BCUT2D eigenvalue weighted by molar-refractivity contribution is 0.628. The van der Waals surface area contributed by atoms with Gasteiger partial charge in [0.25, 0.3) is 0 Å². The molecule has 2 aromatic heterocycles. The maximum Gasteiger partial charge on any atom is 0.185 e. The van der Waals surface area contributed by atoms with Crippen molar-refractivity contribution in [2.45, 2.75) is 10.8 Å². The molecule has 2 heterocycles. The molecule has 0 aliphatic rings. The second-order valence-electron chi connectivity index (χ2n) is 5.50. The highest BCUT2D eigenvalue weighted by atomic mass is 35.5. The molecule has 4 aromatic rings. The maximum atomic E-state index is 13.5. The number of rotatable bonds is 4. The minimum atomic E-state index is -0.331. The minimum absolute atomic E-state index is 0.331. The van der Waals surface area contributed by atoms with Crippen molar-refractivity contribution in [3.63, 3.8) is 0 Å².